The van der Waals surface area contributed by atoms with Crippen LogP contribution in [0.3, 0.4) is 0 Å². The Morgan fingerprint density at radius 1 is 0.833 bits per heavy atom. The summed E-state index contributed by atoms with van der Waals surface area (Å²) >= 11 is 0. The van der Waals surface area contributed by atoms with E-state index < -0.39 is 17.8 Å². The molecule has 2 heterocycles. The second-order valence-electron chi connectivity index (χ2n) is 8.01. The zero-order valence-corrected chi connectivity index (χ0v) is 17.2. The van der Waals surface area contributed by atoms with Crippen molar-refractivity contribution < 1.29 is 19.3 Å². The van der Waals surface area contributed by atoms with Crippen LogP contribution in [0.5, 0.6) is 0 Å². The molecule has 7 heteroatoms. The van der Waals surface area contributed by atoms with Gasteiger partial charge in [-0.3, -0.25) is 14.5 Å². The molecule has 2 saturated heterocycles. The fraction of sp³-hybridized carbons (Fsp3) is 0.348. The normalized spacial score (nSPS) is 17.9. The standard InChI is InChI=1S/C23H26N4O3/c1-24(16-19-11-5-6-12-20(19)25-13-7-8-14-25)17-27-22(29)21(28)26(23(27)30)15-18-9-3-2-4-10-18/h2-6,9-12H,7-8,13-17H2,1H3/p+1. The summed E-state index contributed by atoms with van der Waals surface area (Å²) in [6, 6.07) is 17.0. The van der Waals surface area contributed by atoms with E-state index in [-0.39, 0.29) is 13.2 Å². The number of carbonyl (C=O) groups is 3. The Hall–Kier alpha value is -3.19. The molecule has 2 aromatic rings. The van der Waals surface area contributed by atoms with Crippen molar-refractivity contribution in [3.63, 3.8) is 0 Å². The summed E-state index contributed by atoms with van der Waals surface area (Å²) < 4.78 is 0. The maximum absolute atomic E-state index is 12.8. The van der Waals surface area contributed by atoms with E-state index in [1.165, 1.54) is 24.1 Å². The Kier molecular flexibility index (Phi) is 5.81. The molecule has 30 heavy (non-hydrogen) atoms. The number of anilines is 1. The van der Waals surface area contributed by atoms with E-state index in [0.29, 0.717) is 6.54 Å². The minimum Gasteiger partial charge on any atom is -0.371 e. The van der Waals surface area contributed by atoms with Crippen LogP contribution >= 0.6 is 0 Å². The molecule has 0 radical (unpaired) electrons. The van der Waals surface area contributed by atoms with Crippen molar-refractivity contribution in [2.45, 2.75) is 25.9 Å². The summed E-state index contributed by atoms with van der Waals surface area (Å²) in [4.78, 5) is 43.1. The summed E-state index contributed by atoms with van der Waals surface area (Å²) in [7, 11) is 1.94. The van der Waals surface area contributed by atoms with E-state index in [9.17, 15) is 14.4 Å². The molecule has 4 rings (SSSR count). The highest BCUT2D eigenvalue weighted by Crippen LogP contribution is 2.24. The number of quaternary nitrogens is 1. The largest absolute Gasteiger partial charge is 0.371 e. The third-order valence-corrected chi connectivity index (χ3v) is 5.68. The molecule has 1 unspecified atom stereocenters. The molecule has 156 valence electrons. The van der Waals surface area contributed by atoms with Crippen LogP contribution < -0.4 is 9.80 Å². The number of urea groups is 1. The van der Waals surface area contributed by atoms with Crippen molar-refractivity contribution in [1.29, 1.82) is 0 Å². The van der Waals surface area contributed by atoms with Gasteiger partial charge in [0.25, 0.3) is 0 Å². The molecule has 0 aromatic heterocycles. The van der Waals surface area contributed by atoms with Gasteiger partial charge >= 0.3 is 17.8 Å². The lowest BCUT2D eigenvalue weighted by Crippen LogP contribution is -3.09. The Bertz CT molecular complexity index is 940. The maximum Gasteiger partial charge on any atom is 0.339 e. The predicted molar refractivity (Wildman–Crippen MR) is 113 cm³/mol. The number of imide groups is 2. The van der Waals surface area contributed by atoms with Gasteiger partial charge in [-0.1, -0.05) is 48.5 Å². The number of rotatable bonds is 7. The summed E-state index contributed by atoms with van der Waals surface area (Å²) in [5, 5.41) is 0. The number of para-hydroxylation sites is 1. The number of amides is 4. The highest BCUT2D eigenvalue weighted by atomic mass is 16.2. The first-order valence-corrected chi connectivity index (χ1v) is 10.4. The average molecular weight is 407 g/mol. The summed E-state index contributed by atoms with van der Waals surface area (Å²) in [5.41, 5.74) is 3.22. The van der Waals surface area contributed by atoms with Gasteiger partial charge in [-0.05, 0) is 24.5 Å². The zero-order chi connectivity index (χ0) is 21.1. The molecule has 4 amide bonds. The first-order valence-electron chi connectivity index (χ1n) is 10.4. The van der Waals surface area contributed by atoms with E-state index >= 15 is 0 Å². The first kappa shape index (κ1) is 20.1. The van der Waals surface area contributed by atoms with Crippen molar-refractivity contribution in [3.8, 4) is 0 Å². The van der Waals surface area contributed by atoms with Crippen molar-refractivity contribution in [3.05, 3.63) is 65.7 Å². The first-order chi connectivity index (χ1) is 14.5. The molecule has 0 saturated carbocycles. The van der Waals surface area contributed by atoms with Crippen molar-refractivity contribution >= 4 is 23.5 Å². The van der Waals surface area contributed by atoms with E-state index in [1.54, 1.807) is 0 Å². The van der Waals surface area contributed by atoms with E-state index in [0.717, 1.165) is 33.4 Å². The van der Waals surface area contributed by atoms with Crippen molar-refractivity contribution in [2.75, 3.05) is 31.7 Å². The molecule has 0 bridgehead atoms. The molecular formula is C23H27N4O3+. The van der Waals surface area contributed by atoms with Gasteiger partial charge in [-0.15, -0.1) is 0 Å². The van der Waals surface area contributed by atoms with Crippen LogP contribution in [0.25, 0.3) is 0 Å². The molecule has 2 aliphatic heterocycles. The van der Waals surface area contributed by atoms with Gasteiger partial charge in [0, 0.05) is 24.3 Å². The van der Waals surface area contributed by atoms with Gasteiger partial charge in [0.1, 0.15) is 6.54 Å². The highest BCUT2D eigenvalue weighted by Gasteiger charge is 2.45. The van der Waals surface area contributed by atoms with Crippen LogP contribution in [0.4, 0.5) is 10.5 Å². The Morgan fingerprint density at radius 3 is 2.20 bits per heavy atom. The van der Waals surface area contributed by atoms with Crippen LogP contribution in [-0.2, 0) is 22.7 Å². The highest BCUT2D eigenvalue weighted by molar-refractivity contribution is 6.44. The van der Waals surface area contributed by atoms with E-state index in [2.05, 4.69) is 17.0 Å². The summed E-state index contributed by atoms with van der Waals surface area (Å²) in [6.07, 6.45) is 2.40. The topological polar surface area (TPSA) is 65.4 Å². The lowest BCUT2D eigenvalue weighted by atomic mass is 10.1. The van der Waals surface area contributed by atoms with Crippen LogP contribution in [0.15, 0.2) is 54.6 Å². The number of hydrogen-bond acceptors (Lipinski definition) is 4. The molecule has 7 nitrogen and oxygen atoms in total. The summed E-state index contributed by atoms with van der Waals surface area (Å²) in [6.45, 7) is 3.04. The van der Waals surface area contributed by atoms with Crippen LogP contribution in [-0.4, -0.2) is 54.5 Å². The van der Waals surface area contributed by atoms with Crippen LogP contribution in [0, 0.1) is 0 Å². The molecule has 1 atom stereocenters. The number of carbonyl (C=O) groups excluding carboxylic acids is 3. The number of benzene rings is 2. The number of nitrogens with zero attached hydrogens (tertiary/aromatic N) is 3. The monoisotopic (exact) mass is 407 g/mol. The lowest BCUT2D eigenvalue weighted by molar-refractivity contribution is -0.901. The zero-order valence-electron chi connectivity index (χ0n) is 17.2. The summed E-state index contributed by atoms with van der Waals surface area (Å²) in [5.74, 6) is -1.50. The van der Waals surface area contributed by atoms with Gasteiger partial charge in [0.15, 0.2) is 6.67 Å². The molecule has 1 N–H and O–H groups in total. The maximum atomic E-state index is 12.8. The molecular weight excluding hydrogens is 380 g/mol. The number of nitrogens with one attached hydrogen (secondary N) is 1. The van der Waals surface area contributed by atoms with Gasteiger partial charge in [0.05, 0.1) is 13.6 Å². The smallest absolute Gasteiger partial charge is 0.339 e. The number of hydrogen-bond donors (Lipinski definition) is 1. The minimum atomic E-state index is -0.755. The quantitative estimate of drug-likeness (QED) is 0.554. The third kappa shape index (κ3) is 4.07. The fourth-order valence-electron chi connectivity index (χ4n) is 4.17. The lowest BCUT2D eigenvalue weighted by Gasteiger charge is -2.24. The SMILES string of the molecule is C[NH+](Cc1ccccc1N1CCCC1)CN1C(=O)C(=O)N(Cc2ccccc2)C1=O. The molecule has 2 fully saturated rings. The van der Waals surface area contributed by atoms with E-state index in [1.807, 2.05) is 49.5 Å². The molecule has 2 aliphatic rings. The second kappa shape index (κ2) is 8.67. The molecule has 0 spiro atoms. The molecule has 0 aliphatic carbocycles. The molecule has 2 aromatic carbocycles. The van der Waals surface area contributed by atoms with Crippen molar-refractivity contribution in [2.24, 2.45) is 0 Å². The Balaban J connectivity index is 1.43. The van der Waals surface area contributed by atoms with Gasteiger partial charge in [0.2, 0.25) is 0 Å². The Labute approximate surface area is 176 Å². The Morgan fingerprint density at radius 2 is 1.47 bits per heavy atom. The van der Waals surface area contributed by atoms with Crippen molar-refractivity contribution in [1.82, 2.24) is 9.80 Å². The second-order valence-corrected chi connectivity index (χ2v) is 8.01. The predicted octanol–water partition coefficient (Wildman–Crippen LogP) is 1.25. The van der Waals surface area contributed by atoms with Crippen LogP contribution in [0.2, 0.25) is 0 Å². The van der Waals surface area contributed by atoms with Gasteiger partial charge in [-0.2, -0.15) is 0 Å². The average Bonchev–Trinajstić information content (AvgIpc) is 3.35. The minimum absolute atomic E-state index is 0.109. The van der Waals surface area contributed by atoms with Gasteiger partial charge in [-0.25, -0.2) is 9.69 Å². The van der Waals surface area contributed by atoms with E-state index in [4.69, 9.17) is 0 Å². The third-order valence-electron chi connectivity index (χ3n) is 5.68. The van der Waals surface area contributed by atoms with Crippen LogP contribution in [0.1, 0.15) is 24.0 Å². The fourth-order valence-corrected chi connectivity index (χ4v) is 4.17. The van der Waals surface area contributed by atoms with Gasteiger partial charge < -0.3 is 9.80 Å².